The summed E-state index contributed by atoms with van der Waals surface area (Å²) in [7, 11) is 0. The van der Waals surface area contributed by atoms with E-state index in [0.29, 0.717) is 17.6 Å². The molecule has 0 rings (SSSR count). The molecule has 0 N–H and O–H groups in total. The van der Waals surface area contributed by atoms with Crippen LogP contribution in [0.1, 0.15) is 53.4 Å². The van der Waals surface area contributed by atoms with Crippen molar-refractivity contribution in [2.45, 2.75) is 53.4 Å². The maximum absolute atomic E-state index is 11.4. The first kappa shape index (κ1) is 11.7. The minimum atomic E-state index is 0.443. The average Bonchev–Trinajstić information content (AvgIpc) is 2.03. The molecule has 0 fully saturated rings. The molecule has 0 aliphatic carbocycles. The molecule has 1 nitrogen and oxygen atoms in total. The summed E-state index contributed by atoms with van der Waals surface area (Å²) in [5, 5.41) is 0. The van der Waals surface area contributed by atoms with Crippen molar-refractivity contribution >= 4 is 5.78 Å². The first-order valence-electron chi connectivity index (χ1n) is 5.11. The van der Waals surface area contributed by atoms with Crippen LogP contribution >= 0.6 is 0 Å². The highest BCUT2D eigenvalue weighted by Crippen LogP contribution is 2.13. The van der Waals surface area contributed by atoms with E-state index in [1.807, 2.05) is 0 Å². The number of rotatable bonds is 6. The Bertz CT molecular complexity index is 115. The summed E-state index contributed by atoms with van der Waals surface area (Å²) >= 11 is 0. The van der Waals surface area contributed by atoms with Gasteiger partial charge in [-0.1, -0.05) is 40.5 Å². The molecule has 0 spiro atoms. The molecule has 2 unspecified atom stereocenters. The third kappa shape index (κ3) is 5.34. The van der Waals surface area contributed by atoms with Gasteiger partial charge in [0, 0.05) is 12.8 Å². The fourth-order valence-corrected chi connectivity index (χ4v) is 1.15. The molecule has 0 amide bonds. The molecule has 0 saturated heterocycles. The molecule has 0 aromatic heterocycles. The van der Waals surface area contributed by atoms with Crippen LogP contribution in [0.2, 0.25) is 0 Å². The lowest BCUT2D eigenvalue weighted by atomic mass is 9.95. The lowest BCUT2D eigenvalue weighted by Crippen LogP contribution is -2.08. The van der Waals surface area contributed by atoms with Gasteiger partial charge in [0.15, 0.2) is 0 Å². The van der Waals surface area contributed by atoms with Gasteiger partial charge in [-0.25, -0.2) is 0 Å². The number of ketones is 1. The highest BCUT2D eigenvalue weighted by atomic mass is 16.1. The van der Waals surface area contributed by atoms with Crippen molar-refractivity contribution in [2.24, 2.45) is 11.8 Å². The van der Waals surface area contributed by atoms with Crippen LogP contribution in [0.15, 0.2) is 0 Å². The highest BCUT2D eigenvalue weighted by Gasteiger charge is 2.10. The Kier molecular flexibility index (Phi) is 6.04. The summed E-state index contributed by atoms with van der Waals surface area (Å²) in [4.78, 5) is 11.4. The molecule has 0 aliphatic heterocycles. The Morgan fingerprint density at radius 3 is 1.58 bits per heavy atom. The van der Waals surface area contributed by atoms with E-state index in [1.165, 1.54) is 0 Å². The Hall–Kier alpha value is -0.330. The molecule has 0 aromatic rings. The number of hydrogen-bond acceptors (Lipinski definition) is 1. The number of hydrogen-bond donors (Lipinski definition) is 0. The summed E-state index contributed by atoms with van der Waals surface area (Å²) in [5.74, 6) is 1.59. The van der Waals surface area contributed by atoms with Crippen molar-refractivity contribution in [1.29, 1.82) is 0 Å². The lowest BCUT2D eigenvalue weighted by Gasteiger charge is -2.10. The zero-order valence-corrected chi connectivity index (χ0v) is 8.89. The summed E-state index contributed by atoms with van der Waals surface area (Å²) in [6.45, 7) is 8.57. The van der Waals surface area contributed by atoms with Gasteiger partial charge in [-0.3, -0.25) is 4.79 Å². The molecular weight excluding hydrogens is 148 g/mol. The monoisotopic (exact) mass is 170 g/mol. The van der Waals surface area contributed by atoms with E-state index < -0.39 is 0 Å². The Morgan fingerprint density at radius 2 is 1.33 bits per heavy atom. The van der Waals surface area contributed by atoms with Gasteiger partial charge in [0.25, 0.3) is 0 Å². The quantitative estimate of drug-likeness (QED) is 0.597. The predicted molar refractivity (Wildman–Crippen MR) is 53.2 cm³/mol. The third-order valence-electron chi connectivity index (χ3n) is 2.55. The molecule has 0 aliphatic rings. The van der Waals surface area contributed by atoms with Crippen molar-refractivity contribution in [1.82, 2.24) is 0 Å². The first-order chi connectivity index (χ1) is 5.60. The largest absolute Gasteiger partial charge is 0.300 e. The lowest BCUT2D eigenvalue weighted by molar-refractivity contribution is -0.120. The van der Waals surface area contributed by atoms with Gasteiger partial charge in [-0.2, -0.15) is 0 Å². The van der Waals surface area contributed by atoms with Crippen LogP contribution in [-0.4, -0.2) is 5.78 Å². The van der Waals surface area contributed by atoms with Crippen LogP contribution in [0.3, 0.4) is 0 Å². The van der Waals surface area contributed by atoms with Gasteiger partial charge in [-0.05, 0) is 11.8 Å². The normalized spacial score (nSPS) is 15.7. The van der Waals surface area contributed by atoms with Crippen LogP contribution < -0.4 is 0 Å². The Morgan fingerprint density at radius 1 is 1.00 bits per heavy atom. The predicted octanol–water partition coefficient (Wildman–Crippen LogP) is 3.43. The van der Waals surface area contributed by atoms with E-state index in [1.54, 1.807) is 0 Å². The maximum atomic E-state index is 11.4. The first-order valence-corrected chi connectivity index (χ1v) is 5.11. The molecule has 2 atom stereocenters. The maximum Gasteiger partial charge on any atom is 0.133 e. The zero-order chi connectivity index (χ0) is 9.56. The zero-order valence-electron chi connectivity index (χ0n) is 8.89. The minimum absolute atomic E-state index is 0.443. The van der Waals surface area contributed by atoms with Crippen molar-refractivity contribution in [3.8, 4) is 0 Å². The van der Waals surface area contributed by atoms with E-state index in [0.717, 1.165) is 25.7 Å². The third-order valence-corrected chi connectivity index (χ3v) is 2.55. The van der Waals surface area contributed by atoms with Crippen LogP contribution in [0.25, 0.3) is 0 Å². The number of Topliss-reactive ketones (excluding diaryl/α,β-unsaturated/α-hetero) is 1. The topological polar surface area (TPSA) is 17.1 Å². The number of carbonyl (C=O) groups excluding carboxylic acids is 1. The van der Waals surface area contributed by atoms with Gasteiger partial charge < -0.3 is 0 Å². The highest BCUT2D eigenvalue weighted by molar-refractivity contribution is 5.78. The number of carbonyl (C=O) groups is 1. The molecule has 72 valence electrons. The minimum Gasteiger partial charge on any atom is -0.300 e. The van der Waals surface area contributed by atoms with Gasteiger partial charge in [0.1, 0.15) is 5.78 Å². The van der Waals surface area contributed by atoms with E-state index >= 15 is 0 Å². The smallest absolute Gasteiger partial charge is 0.133 e. The summed E-state index contributed by atoms with van der Waals surface area (Å²) < 4.78 is 0. The standard InChI is InChI=1S/C11H22O/c1-5-9(3)7-11(12)8-10(4)6-2/h9-10H,5-8H2,1-4H3. The second-order valence-corrected chi connectivity index (χ2v) is 3.97. The molecule has 0 heterocycles. The van der Waals surface area contributed by atoms with Crippen molar-refractivity contribution < 1.29 is 4.79 Å². The summed E-state index contributed by atoms with van der Waals surface area (Å²) in [5.41, 5.74) is 0. The van der Waals surface area contributed by atoms with Crippen molar-refractivity contribution in [3.63, 3.8) is 0 Å². The fourth-order valence-electron chi connectivity index (χ4n) is 1.15. The van der Waals surface area contributed by atoms with Crippen LogP contribution in [0, 0.1) is 11.8 Å². The van der Waals surface area contributed by atoms with E-state index in [-0.39, 0.29) is 0 Å². The van der Waals surface area contributed by atoms with Crippen LogP contribution in [-0.2, 0) is 4.79 Å². The van der Waals surface area contributed by atoms with E-state index in [4.69, 9.17) is 0 Å². The fraction of sp³-hybridized carbons (Fsp3) is 0.909. The SMILES string of the molecule is CCC(C)CC(=O)CC(C)CC. The van der Waals surface area contributed by atoms with E-state index in [2.05, 4.69) is 27.7 Å². The van der Waals surface area contributed by atoms with Crippen LogP contribution in [0.4, 0.5) is 0 Å². The second-order valence-electron chi connectivity index (χ2n) is 3.97. The van der Waals surface area contributed by atoms with Crippen LogP contribution in [0.5, 0.6) is 0 Å². The summed E-state index contributed by atoms with van der Waals surface area (Å²) in [6, 6.07) is 0. The molecule has 0 bridgehead atoms. The molecule has 0 radical (unpaired) electrons. The second kappa shape index (κ2) is 6.22. The molecule has 0 aromatic carbocycles. The Labute approximate surface area is 76.6 Å². The van der Waals surface area contributed by atoms with Gasteiger partial charge >= 0.3 is 0 Å². The molecular formula is C11H22O. The Balaban J connectivity index is 3.59. The van der Waals surface area contributed by atoms with E-state index in [9.17, 15) is 4.79 Å². The van der Waals surface area contributed by atoms with Crippen molar-refractivity contribution in [3.05, 3.63) is 0 Å². The summed E-state index contributed by atoms with van der Waals surface area (Å²) in [6.07, 6.45) is 3.79. The van der Waals surface area contributed by atoms with Gasteiger partial charge in [0.05, 0.1) is 0 Å². The van der Waals surface area contributed by atoms with Gasteiger partial charge in [0.2, 0.25) is 0 Å². The average molecular weight is 170 g/mol. The molecule has 0 saturated carbocycles. The molecule has 12 heavy (non-hydrogen) atoms. The molecule has 1 heteroatoms. The van der Waals surface area contributed by atoms with Gasteiger partial charge in [-0.15, -0.1) is 0 Å². The van der Waals surface area contributed by atoms with Crippen molar-refractivity contribution in [2.75, 3.05) is 0 Å².